The molecular formula is C24H19FN4O2S2. The van der Waals surface area contributed by atoms with Crippen molar-refractivity contribution in [1.29, 1.82) is 0 Å². The molecule has 0 bridgehead atoms. The zero-order valence-corrected chi connectivity index (χ0v) is 19.0. The number of hydrogen-bond donors (Lipinski definition) is 2. The van der Waals surface area contributed by atoms with E-state index in [0.717, 1.165) is 23.7 Å². The van der Waals surface area contributed by atoms with E-state index in [2.05, 4.69) is 33.0 Å². The standard InChI is InChI=1S/C24H19FN4O2S2/c25-19-8-4-5-9-20(19)26-21(30)15-32-24-29-28-23(33-24)27-22(31)18-12-10-17(11-13-18)14-16-6-2-1-3-7-16/h1-13H,14-15H2,(H,26,30)(H,27,28,31). The van der Waals surface area contributed by atoms with Gasteiger partial charge in [0.1, 0.15) is 5.82 Å². The van der Waals surface area contributed by atoms with Crippen LogP contribution in [0.15, 0.2) is 83.2 Å². The molecule has 0 unspecified atom stereocenters. The summed E-state index contributed by atoms with van der Waals surface area (Å²) in [5, 5.41) is 13.5. The second-order valence-electron chi connectivity index (χ2n) is 7.00. The summed E-state index contributed by atoms with van der Waals surface area (Å²) in [6.45, 7) is 0. The molecule has 0 radical (unpaired) electrons. The van der Waals surface area contributed by atoms with Crippen LogP contribution in [0, 0.1) is 5.82 Å². The van der Waals surface area contributed by atoms with Crippen LogP contribution in [0.3, 0.4) is 0 Å². The highest BCUT2D eigenvalue weighted by molar-refractivity contribution is 8.01. The predicted molar refractivity (Wildman–Crippen MR) is 129 cm³/mol. The van der Waals surface area contributed by atoms with Gasteiger partial charge in [-0.25, -0.2) is 4.39 Å². The van der Waals surface area contributed by atoms with Crippen molar-refractivity contribution in [3.8, 4) is 0 Å². The van der Waals surface area contributed by atoms with Gasteiger partial charge in [0.25, 0.3) is 5.91 Å². The number of para-hydroxylation sites is 1. The topological polar surface area (TPSA) is 84.0 Å². The van der Waals surface area contributed by atoms with Crippen molar-refractivity contribution in [3.63, 3.8) is 0 Å². The van der Waals surface area contributed by atoms with Gasteiger partial charge in [0.2, 0.25) is 11.0 Å². The Kier molecular flexibility index (Phi) is 7.43. The molecule has 4 rings (SSSR count). The third-order valence-electron chi connectivity index (χ3n) is 4.57. The largest absolute Gasteiger partial charge is 0.323 e. The Morgan fingerprint density at radius 1 is 0.848 bits per heavy atom. The van der Waals surface area contributed by atoms with Crippen molar-refractivity contribution in [3.05, 3.63) is 101 Å². The molecule has 0 aliphatic rings. The lowest BCUT2D eigenvalue weighted by atomic mass is 10.0. The molecule has 2 N–H and O–H groups in total. The van der Waals surface area contributed by atoms with E-state index in [9.17, 15) is 14.0 Å². The van der Waals surface area contributed by atoms with Crippen molar-refractivity contribution in [2.45, 2.75) is 10.8 Å². The fraction of sp³-hybridized carbons (Fsp3) is 0.0833. The van der Waals surface area contributed by atoms with Gasteiger partial charge in [0, 0.05) is 5.56 Å². The molecule has 33 heavy (non-hydrogen) atoms. The molecule has 9 heteroatoms. The van der Waals surface area contributed by atoms with Crippen molar-refractivity contribution in [2.24, 2.45) is 0 Å². The Labute approximate surface area is 198 Å². The molecule has 2 amide bonds. The highest BCUT2D eigenvalue weighted by atomic mass is 32.2. The number of halogens is 1. The molecular weight excluding hydrogens is 459 g/mol. The van der Waals surface area contributed by atoms with E-state index >= 15 is 0 Å². The second-order valence-corrected chi connectivity index (χ2v) is 9.20. The summed E-state index contributed by atoms with van der Waals surface area (Å²) in [5.74, 6) is -1.10. The lowest BCUT2D eigenvalue weighted by molar-refractivity contribution is -0.113. The average molecular weight is 479 g/mol. The summed E-state index contributed by atoms with van der Waals surface area (Å²) in [4.78, 5) is 24.6. The molecule has 0 spiro atoms. The summed E-state index contributed by atoms with van der Waals surface area (Å²) in [6.07, 6.45) is 0.796. The molecule has 6 nitrogen and oxygen atoms in total. The van der Waals surface area contributed by atoms with Crippen LogP contribution in [0.25, 0.3) is 0 Å². The molecule has 0 atom stereocenters. The molecule has 0 aliphatic heterocycles. The number of rotatable bonds is 8. The monoisotopic (exact) mass is 478 g/mol. The lowest BCUT2D eigenvalue weighted by Gasteiger charge is -2.05. The smallest absolute Gasteiger partial charge is 0.257 e. The summed E-state index contributed by atoms with van der Waals surface area (Å²) < 4.78 is 14.1. The number of benzene rings is 3. The van der Waals surface area contributed by atoms with E-state index in [1.54, 1.807) is 24.3 Å². The number of thioether (sulfide) groups is 1. The van der Waals surface area contributed by atoms with Gasteiger partial charge in [-0.3, -0.25) is 14.9 Å². The minimum Gasteiger partial charge on any atom is -0.323 e. The molecule has 0 saturated heterocycles. The number of amides is 2. The number of nitrogens with zero attached hydrogens (tertiary/aromatic N) is 2. The summed E-state index contributed by atoms with van der Waals surface area (Å²) >= 11 is 2.33. The maximum Gasteiger partial charge on any atom is 0.257 e. The Morgan fingerprint density at radius 2 is 1.55 bits per heavy atom. The first-order chi connectivity index (χ1) is 16.1. The van der Waals surface area contributed by atoms with Crippen molar-refractivity contribution >= 4 is 45.7 Å². The number of carbonyl (C=O) groups is 2. The molecule has 3 aromatic carbocycles. The van der Waals surface area contributed by atoms with E-state index in [1.807, 2.05) is 30.3 Å². The molecule has 1 aromatic heterocycles. The number of anilines is 2. The summed E-state index contributed by atoms with van der Waals surface area (Å²) in [6, 6.07) is 23.5. The molecule has 0 aliphatic carbocycles. The molecule has 1 heterocycles. The molecule has 0 fully saturated rings. The van der Waals surface area contributed by atoms with Gasteiger partial charge in [-0.15, -0.1) is 10.2 Å². The van der Waals surface area contributed by atoms with Crippen molar-refractivity contribution in [1.82, 2.24) is 10.2 Å². The minimum absolute atomic E-state index is 0.0415. The fourth-order valence-electron chi connectivity index (χ4n) is 2.97. The minimum atomic E-state index is -0.495. The van der Waals surface area contributed by atoms with E-state index in [4.69, 9.17) is 0 Å². The third kappa shape index (κ3) is 6.47. The van der Waals surface area contributed by atoms with Gasteiger partial charge in [-0.05, 0) is 41.8 Å². The van der Waals surface area contributed by atoms with Crippen LogP contribution < -0.4 is 10.6 Å². The molecule has 4 aromatic rings. The van der Waals surface area contributed by atoms with Gasteiger partial charge in [0.05, 0.1) is 11.4 Å². The van der Waals surface area contributed by atoms with E-state index in [0.29, 0.717) is 15.0 Å². The number of aromatic nitrogens is 2. The Balaban J connectivity index is 1.27. The van der Waals surface area contributed by atoms with Crippen LogP contribution in [0.2, 0.25) is 0 Å². The van der Waals surface area contributed by atoms with E-state index in [-0.39, 0.29) is 23.3 Å². The van der Waals surface area contributed by atoms with Gasteiger partial charge in [-0.1, -0.05) is 77.7 Å². The number of hydrogen-bond acceptors (Lipinski definition) is 6. The van der Waals surface area contributed by atoms with Gasteiger partial charge in [-0.2, -0.15) is 0 Å². The Hall–Kier alpha value is -3.56. The maximum absolute atomic E-state index is 13.6. The van der Waals surface area contributed by atoms with E-state index in [1.165, 1.54) is 29.0 Å². The second kappa shape index (κ2) is 10.8. The molecule has 0 saturated carbocycles. The highest BCUT2D eigenvalue weighted by Crippen LogP contribution is 2.26. The average Bonchev–Trinajstić information content (AvgIpc) is 3.27. The van der Waals surface area contributed by atoms with Gasteiger partial charge < -0.3 is 5.32 Å². The first-order valence-corrected chi connectivity index (χ1v) is 11.8. The van der Waals surface area contributed by atoms with Crippen LogP contribution in [0.5, 0.6) is 0 Å². The van der Waals surface area contributed by atoms with Crippen molar-refractivity contribution < 1.29 is 14.0 Å². The Bertz CT molecular complexity index is 1250. The summed E-state index contributed by atoms with van der Waals surface area (Å²) in [7, 11) is 0. The molecule has 166 valence electrons. The zero-order valence-electron chi connectivity index (χ0n) is 17.3. The lowest BCUT2D eigenvalue weighted by Crippen LogP contribution is -2.14. The maximum atomic E-state index is 13.6. The number of carbonyl (C=O) groups excluding carboxylic acids is 2. The van der Waals surface area contributed by atoms with Crippen LogP contribution in [0.4, 0.5) is 15.2 Å². The summed E-state index contributed by atoms with van der Waals surface area (Å²) in [5.41, 5.74) is 2.96. The highest BCUT2D eigenvalue weighted by Gasteiger charge is 2.13. The normalized spacial score (nSPS) is 10.6. The van der Waals surface area contributed by atoms with Gasteiger partial charge >= 0.3 is 0 Å². The van der Waals surface area contributed by atoms with Crippen LogP contribution in [0.1, 0.15) is 21.5 Å². The van der Waals surface area contributed by atoms with Crippen LogP contribution >= 0.6 is 23.1 Å². The zero-order chi connectivity index (χ0) is 23.0. The SMILES string of the molecule is O=C(CSc1nnc(NC(=O)c2ccc(Cc3ccccc3)cc2)s1)Nc1ccccc1F. The van der Waals surface area contributed by atoms with Gasteiger partial charge in [0.15, 0.2) is 4.34 Å². The van der Waals surface area contributed by atoms with Crippen molar-refractivity contribution in [2.75, 3.05) is 16.4 Å². The van der Waals surface area contributed by atoms with Crippen LogP contribution in [-0.2, 0) is 11.2 Å². The fourth-order valence-corrected chi connectivity index (χ4v) is 4.52. The number of nitrogens with one attached hydrogen (secondary N) is 2. The van der Waals surface area contributed by atoms with Crippen LogP contribution in [-0.4, -0.2) is 27.8 Å². The first kappa shape index (κ1) is 22.6. The van der Waals surface area contributed by atoms with E-state index < -0.39 is 5.82 Å². The third-order valence-corrected chi connectivity index (χ3v) is 6.54. The quantitative estimate of drug-likeness (QED) is 0.267. The predicted octanol–water partition coefficient (Wildman–Crippen LogP) is 5.25. The first-order valence-electron chi connectivity index (χ1n) is 10.0. The Morgan fingerprint density at radius 3 is 2.30 bits per heavy atom.